The molecule has 5 heteroatoms. The molecule has 0 fully saturated rings. The Morgan fingerprint density at radius 1 is 1.11 bits per heavy atom. The summed E-state index contributed by atoms with van der Waals surface area (Å²) in [5.74, 6) is 4.40. The molecule has 0 heterocycles. The SMILES string of the molecule is Cc1cc(Oc2ccccc2F)cc(F)c1NN. The standard InChI is InChI=1S/C13H12F2N2O/c1-8-6-9(7-11(15)13(8)17-16)18-12-5-3-2-4-10(12)14/h2-7,17H,16H2,1H3. The fraction of sp³-hybridized carbons (Fsp3) is 0.0769. The normalized spacial score (nSPS) is 10.2. The van der Waals surface area contributed by atoms with E-state index in [1.54, 1.807) is 25.1 Å². The minimum atomic E-state index is -0.552. The van der Waals surface area contributed by atoms with Crippen molar-refractivity contribution < 1.29 is 13.5 Å². The average molecular weight is 250 g/mol. The van der Waals surface area contributed by atoms with Crippen LogP contribution in [0.2, 0.25) is 0 Å². The third-order valence-electron chi connectivity index (χ3n) is 2.47. The Balaban J connectivity index is 2.34. The van der Waals surface area contributed by atoms with Gasteiger partial charge in [-0.25, -0.2) is 8.78 Å². The van der Waals surface area contributed by atoms with Gasteiger partial charge >= 0.3 is 0 Å². The van der Waals surface area contributed by atoms with Gasteiger partial charge < -0.3 is 10.2 Å². The van der Waals surface area contributed by atoms with Gasteiger partial charge in [0.25, 0.3) is 0 Å². The van der Waals surface area contributed by atoms with E-state index in [9.17, 15) is 8.78 Å². The zero-order valence-electron chi connectivity index (χ0n) is 9.71. The van der Waals surface area contributed by atoms with Gasteiger partial charge in [-0.3, -0.25) is 5.84 Å². The number of benzene rings is 2. The van der Waals surface area contributed by atoms with Crippen molar-refractivity contribution in [3.05, 3.63) is 53.6 Å². The molecule has 0 atom stereocenters. The summed E-state index contributed by atoms with van der Waals surface area (Å²) in [5, 5.41) is 0. The number of ether oxygens (including phenoxy) is 1. The quantitative estimate of drug-likeness (QED) is 0.648. The lowest BCUT2D eigenvalue weighted by Crippen LogP contribution is -2.10. The Labute approximate surface area is 103 Å². The molecule has 0 aliphatic heterocycles. The Morgan fingerprint density at radius 2 is 1.83 bits per heavy atom. The van der Waals surface area contributed by atoms with Gasteiger partial charge in [-0.1, -0.05) is 12.1 Å². The third-order valence-corrected chi connectivity index (χ3v) is 2.47. The summed E-state index contributed by atoms with van der Waals surface area (Å²) in [7, 11) is 0. The number of rotatable bonds is 3. The van der Waals surface area contributed by atoms with Crippen LogP contribution in [0.15, 0.2) is 36.4 Å². The smallest absolute Gasteiger partial charge is 0.165 e. The van der Waals surface area contributed by atoms with E-state index in [2.05, 4.69) is 5.43 Å². The van der Waals surface area contributed by atoms with Gasteiger partial charge in [0, 0.05) is 6.07 Å². The Morgan fingerprint density at radius 3 is 2.44 bits per heavy atom. The highest BCUT2D eigenvalue weighted by molar-refractivity contribution is 5.54. The van der Waals surface area contributed by atoms with E-state index in [0.29, 0.717) is 5.56 Å². The number of nitrogens with one attached hydrogen (secondary N) is 1. The Kier molecular flexibility index (Phi) is 3.43. The Hall–Kier alpha value is -2.14. The molecule has 3 nitrogen and oxygen atoms in total. The zero-order valence-corrected chi connectivity index (χ0v) is 9.71. The maximum absolute atomic E-state index is 13.6. The summed E-state index contributed by atoms with van der Waals surface area (Å²) in [6.07, 6.45) is 0. The number of anilines is 1. The molecule has 0 bridgehead atoms. The van der Waals surface area contributed by atoms with Crippen LogP contribution in [0.5, 0.6) is 11.5 Å². The molecule has 2 rings (SSSR count). The predicted octanol–water partition coefficient (Wildman–Crippen LogP) is 3.35. The average Bonchev–Trinajstić information content (AvgIpc) is 2.32. The number of hydrogen-bond acceptors (Lipinski definition) is 3. The first kappa shape index (κ1) is 12.3. The number of hydrogen-bond donors (Lipinski definition) is 2. The van der Waals surface area contributed by atoms with Crippen molar-refractivity contribution in [3.8, 4) is 11.5 Å². The highest BCUT2D eigenvalue weighted by Gasteiger charge is 2.09. The van der Waals surface area contributed by atoms with Crippen molar-refractivity contribution in [1.82, 2.24) is 0 Å². The molecule has 2 aromatic rings. The lowest BCUT2D eigenvalue weighted by Gasteiger charge is -2.11. The number of nitrogens with two attached hydrogens (primary N) is 1. The molecule has 0 amide bonds. The molecular weight excluding hydrogens is 238 g/mol. The highest BCUT2D eigenvalue weighted by atomic mass is 19.1. The summed E-state index contributed by atoms with van der Waals surface area (Å²) in [4.78, 5) is 0. The van der Waals surface area contributed by atoms with Gasteiger partial charge in [-0.2, -0.15) is 0 Å². The molecule has 0 aliphatic rings. The van der Waals surface area contributed by atoms with Gasteiger partial charge in [0.1, 0.15) is 5.75 Å². The van der Waals surface area contributed by atoms with E-state index in [1.807, 2.05) is 0 Å². The van der Waals surface area contributed by atoms with Crippen molar-refractivity contribution in [1.29, 1.82) is 0 Å². The fourth-order valence-electron chi connectivity index (χ4n) is 1.61. The van der Waals surface area contributed by atoms with Crippen LogP contribution in [0, 0.1) is 18.6 Å². The van der Waals surface area contributed by atoms with E-state index in [4.69, 9.17) is 10.6 Å². The maximum atomic E-state index is 13.6. The molecule has 0 aromatic heterocycles. The molecule has 0 aliphatic carbocycles. The number of para-hydroxylation sites is 1. The van der Waals surface area contributed by atoms with Gasteiger partial charge in [-0.05, 0) is 30.7 Å². The van der Waals surface area contributed by atoms with Crippen LogP contribution < -0.4 is 16.0 Å². The van der Waals surface area contributed by atoms with Crippen molar-refractivity contribution >= 4 is 5.69 Å². The molecule has 0 saturated heterocycles. The van der Waals surface area contributed by atoms with E-state index < -0.39 is 11.6 Å². The number of halogens is 2. The summed E-state index contributed by atoms with van der Waals surface area (Å²) in [6, 6.07) is 8.65. The summed E-state index contributed by atoms with van der Waals surface area (Å²) in [6.45, 7) is 1.67. The van der Waals surface area contributed by atoms with E-state index in [0.717, 1.165) is 6.07 Å². The topological polar surface area (TPSA) is 47.3 Å². The monoisotopic (exact) mass is 250 g/mol. The first-order chi connectivity index (χ1) is 8.61. The van der Waals surface area contributed by atoms with Crippen LogP contribution >= 0.6 is 0 Å². The minimum absolute atomic E-state index is 0.0461. The predicted molar refractivity (Wildman–Crippen MR) is 65.4 cm³/mol. The molecule has 0 unspecified atom stereocenters. The van der Waals surface area contributed by atoms with Crippen LogP contribution in [0.1, 0.15) is 5.56 Å². The lowest BCUT2D eigenvalue weighted by atomic mass is 10.2. The van der Waals surface area contributed by atoms with Crippen molar-refractivity contribution in [2.45, 2.75) is 6.92 Å². The largest absolute Gasteiger partial charge is 0.454 e. The minimum Gasteiger partial charge on any atom is -0.454 e. The molecule has 94 valence electrons. The summed E-state index contributed by atoms with van der Waals surface area (Å²) >= 11 is 0. The molecular formula is C13H12F2N2O. The number of aryl methyl sites for hydroxylation is 1. The zero-order chi connectivity index (χ0) is 13.1. The van der Waals surface area contributed by atoms with Crippen molar-refractivity contribution in [2.24, 2.45) is 5.84 Å². The van der Waals surface area contributed by atoms with Crippen molar-refractivity contribution in [2.75, 3.05) is 5.43 Å². The summed E-state index contributed by atoms with van der Waals surface area (Å²) in [5.41, 5.74) is 3.02. The first-order valence-corrected chi connectivity index (χ1v) is 5.31. The Bertz CT molecular complexity index is 550. The van der Waals surface area contributed by atoms with E-state index in [1.165, 1.54) is 12.1 Å². The molecule has 0 spiro atoms. The van der Waals surface area contributed by atoms with Crippen LogP contribution in [-0.2, 0) is 0 Å². The fourth-order valence-corrected chi connectivity index (χ4v) is 1.61. The van der Waals surface area contributed by atoms with Crippen molar-refractivity contribution in [3.63, 3.8) is 0 Å². The van der Waals surface area contributed by atoms with Crippen LogP contribution in [0.25, 0.3) is 0 Å². The molecule has 3 N–H and O–H groups in total. The van der Waals surface area contributed by atoms with Crippen LogP contribution in [0.4, 0.5) is 14.5 Å². The van der Waals surface area contributed by atoms with Gasteiger partial charge in [0.2, 0.25) is 0 Å². The third kappa shape index (κ3) is 2.41. The molecule has 0 radical (unpaired) electrons. The van der Waals surface area contributed by atoms with E-state index in [-0.39, 0.29) is 17.2 Å². The number of nitrogen functional groups attached to an aromatic ring is 1. The van der Waals surface area contributed by atoms with Crippen LogP contribution in [0.3, 0.4) is 0 Å². The second-order valence-electron chi connectivity index (χ2n) is 3.77. The molecule has 0 saturated carbocycles. The lowest BCUT2D eigenvalue weighted by molar-refractivity contribution is 0.438. The molecule has 2 aromatic carbocycles. The second kappa shape index (κ2) is 5.01. The van der Waals surface area contributed by atoms with Crippen LogP contribution in [-0.4, -0.2) is 0 Å². The van der Waals surface area contributed by atoms with Gasteiger partial charge in [0.15, 0.2) is 17.4 Å². The van der Waals surface area contributed by atoms with Gasteiger partial charge in [-0.15, -0.1) is 0 Å². The van der Waals surface area contributed by atoms with E-state index >= 15 is 0 Å². The van der Waals surface area contributed by atoms with Gasteiger partial charge in [0.05, 0.1) is 5.69 Å². The summed E-state index contributed by atoms with van der Waals surface area (Å²) < 4.78 is 32.3. The molecule has 18 heavy (non-hydrogen) atoms. The highest BCUT2D eigenvalue weighted by Crippen LogP contribution is 2.29. The number of hydrazine groups is 1. The maximum Gasteiger partial charge on any atom is 0.165 e. The second-order valence-corrected chi connectivity index (χ2v) is 3.77. The first-order valence-electron chi connectivity index (χ1n) is 5.31.